The van der Waals surface area contributed by atoms with Crippen LogP contribution in [0.2, 0.25) is 0 Å². The molecule has 0 amide bonds. The van der Waals surface area contributed by atoms with Crippen molar-refractivity contribution >= 4 is 33.3 Å². The third-order valence-corrected chi connectivity index (χ3v) is 4.11. The molecule has 114 valence electrons. The van der Waals surface area contributed by atoms with Gasteiger partial charge in [0.1, 0.15) is 17.5 Å². The largest absolute Gasteiger partial charge is 0.467 e. The molecule has 1 aromatic rings. The maximum atomic E-state index is 13.8. The molecule has 1 saturated heterocycles. The van der Waals surface area contributed by atoms with Crippen LogP contribution in [0.4, 0.5) is 15.8 Å². The fourth-order valence-electron chi connectivity index (χ4n) is 2.50. The van der Waals surface area contributed by atoms with Crippen LogP contribution in [0.1, 0.15) is 19.3 Å². The highest BCUT2D eigenvalue weighted by Gasteiger charge is 2.34. The van der Waals surface area contributed by atoms with Gasteiger partial charge in [-0.15, -0.1) is 0 Å². The van der Waals surface area contributed by atoms with Crippen LogP contribution >= 0.6 is 15.9 Å². The first-order valence-electron chi connectivity index (χ1n) is 6.43. The van der Waals surface area contributed by atoms with E-state index in [1.54, 1.807) is 4.90 Å². The van der Waals surface area contributed by atoms with Gasteiger partial charge in [-0.2, -0.15) is 0 Å². The number of ether oxygens (including phenoxy) is 1. The van der Waals surface area contributed by atoms with E-state index in [0.29, 0.717) is 13.0 Å². The summed E-state index contributed by atoms with van der Waals surface area (Å²) >= 11 is 2.94. The van der Waals surface area contributed by atoms with Gasteiger partial charge < -0.3 is 9.64 Å². The smallest absolute Gasteiger partial charge is 0.328 e. The molecular weight excluding hydrogens is 347 g/mol. The maximum absolute atomic E-state index is 13.8. The van der Waals surface area contributed by atoms with Gasteiger partial charge in [0.15, 0.2) is 0 Å². The van der Waals surface area contributed by atoms with Gasteiger partial charge in [0.05, 0.1) is 16.5 Å². The van der Waals surface area contributed by atoms with Crippen LogP contribution in [0.25, 0.3) is 0 Å². The minimum Gasteiger partial charge on any atom is -0.467 e. The summed E-state index contributed by atoms with van der Waals surface area (Å²) in [7, 11) is 1.27. The molecule has 2 rings (SSSR count). The molecule has 6 nitrogen and oxygen atoms in total. The summed E-state index contributed by atoms with van der Waals surface area (Å²) < 4.78 is 18.5. The Morgan fingerprint density at radius 2 is 2.24 bits per heavy atom. The second-order valence-corrected chi connectivity index (χ2v) is 5.59. The van der Waals surface area contributed by atoms with E-state index in [1.807, 2.05) is 0 Å². The molecule has 0 bridgehead atoms. The van der Waals surface area contributed by atoms with Crippen LogP contribution in [-0.2, 0) is 9.53 Å². The van der Waals surface area contributed by atoms with Crippen LogP contribution in [0.15, 0.2) is 16.6 Å². The molecule has 0 saturated carbocycles. The van der Waals surface area contributed by atoms with E-state index < -0.39 is 22.8 Å². The molecule has 0 N–H and O–H groups in total. The Morgan fingerprint density at radius 1 is 1.52 bits per heavy atom. The van der Waals surface area contributed by atoms with Gasteiger partial charge in [0, 0.05) is 18.7 Å². The Balaban J connectivity index is 2.49. The lowest BCUT2D eigenvalue weighted by Crippen LogP contribution is -2.45. The number of nitro benzene ring substituents is 1. The molecule has 1 aliphatic heterocycles. The number of benzene rings is 1. The van der Waals surface area contributed by atoms with Crippen molar-refractivity contribution in [2.75, 3.05) is 18.6 Å². The minimum absolute atomic E-state index is 0.0181. The highest BCUT2D eigenvalue weighted by Crippen LogP contribution is 2.36. The predicted molar refractivity (Wildman–Crippen MR) is 77.8 cm³/mol. The third kappa shape index (κ3) is 3.15. The van der Waals surface area contributed by atoms with Crippen LogP contribution in [0, 0.1) is 15.9 Å². The zero-order valence-electron chi connectivity index (χ0n) is 11.3. The van der Waals surface area contributed by atoms with Crippen molar-refractivity contribution in [1.29, 1.82) is 0 Å². The van der Waals surface area contributed by atoms with E-state index in [-0.39, 0.29) is 15.8 Å². The minimum atomic E-state index is -0.622. The molecule has 21 heavy (non-hydrogen) atoms. The molecule has 0 aliphatic carbocycles. The summed E-state index contributed by atoms with van der Waals surface area (Å²) in [6, 6.07) is 1.58. The monoisotopic (exact) mass is 360 g/mol. The molecule has 0 aromatic heterocycles. The molecule has 1 fully saturated rings. The molecule has 0 spiro atoms. The van der Waals surface area contributed by atoms with Gasteiger partial charge in [-0.25, -0.2) is 9.18 Å². The quantitative estimate of drug-likeness (QED) is 0.470. The van der Waals surface area contributed by atoms with Gasteiger partial charge in [-0.1, -0.05) is 0 Å². The zero-order valence-corrected chi connectivity index (χ0v) is 12.9. The molecule has 0 radical (unpaired) electrons. The lowest BCUT2D eigenvalue weighted by molar-refractivity contribution is -0.384. The number of piperidine rings is 1. The van der Waals surface area contributed by atoms with E-state index in [4.69, 9.17) is 4.74 Å². The summed E-state index contributed by atoms with van der Waals surface area (Å²) in [5.41, 5.74) is -0.130. The van der Waals surface area contributed by atoms with Crippen molar-refractivity contribution in [3.63, 3.8) is 0 Å². The molecule has 1 aromatic carbocycles. The summed E-state index contributed by atoms with van der Waals surface area (Å²) in [6.45, 7) is 0.446. The van der Waals surface area contributed by atoms with E-state index in [9.17, 15) is 19.3 Å². The molecule has 1 atom stereocenters. The summed E-state index contributed by atoms with van der Waals surface area (Å²) in [5, 5.41) is 11.2. The highest BCUT2D eigenvalue weighted by molar-refractivity contribution is 9.10. The number of carbonyl (C=O) groups excluding carboxylic acids is 1. The molecule has 8 heteroatoms. The van der Waals surface area contributed by atoms with Crippen molar-refractivity contribution in [2.24, 2.45) is 0 Å². The Morgan fingerprint density at radius 3 is 2.86 bits per heavy atom. The normalized spacial score (nSPS) is 18.4. The standard InChI is InChI=1S/C13H14BrFN2O4/c1-21-13(18)10-4-2-3-5-16(10)11-7-9(15)8(14)6-12(11)17(19)20/h6-7,10H,2-5H2,1H3. The first-order chi connectivity index (χ1) is 9.95. The zero-order chi connectivity index (χ0) is 15.6. The predicted octanol–water partition coefficient (Wildman–Crippen LogP) is 3.03. The van der Waals surface area contributed by atoms with E-state index in [1.165, 1.54) is 7.11 Å². The summed E-state index contributed by atoms with van der Waals surface area (Å²) in [5.74, 6) is -1.07. The fraction of sp³-hybridized carbons (Fsp3) is 0.462. The molecule has 1 unspecified atom stereocenters. The van der Waals surface area contributed by atoms with Crippen LogP contribution in [-0.4, -0.2) is 30.6 Å². The van der Waals surface area contributed by atoms with Gasteiger partial charge in [0.2, 0.25) is 0 Å². The molecule has 1 heterocycles. The summed E-state index contributed by atoms with van der Waals surface area (Å²) in [6.07, 6.45) is 2.13. The average Bonchev–Trinajstić information content (AvgIpc) is 2.48. The van der Waals surface area contributed by atoms with Gasteiger partial charge in [-0.05, 0) is 35.2 Å². The first-order valence-corrected chi connectivity index (χ1v) is 7.23. The molecule has 1 aliphatic rings. The summed E-state index contributed by atoms with van der Waals surface area (Å²) in [4.78, 5) is 24.0. The van der Waals surface area contributed by atoms with Crippen molar-refractivity contribution in [2.45, 2.75) is 25.3 Å². The Bertz CT molecular complexity index is 582. The van der Waals surface area contributed by atoms with Crippen molar-refractivity contribution in [3.05, 3.63) is 32.5 Å². The van der Waals surface area contributed by atoms with E-state index in [2.05, 4.69) is 15.9 Å². The first kappa shape index (κ1) is 15.7. The number of hydrogen-bond acceptors (Lipinski definition) is 5. The van der Waals surface area contributed by atoms with Crippen LogP contribution in [0.5, 0.6) is 0 Å². The van der Waals surface area contributed by atoms with Gasteiger partial charge >= 0.3 is 5.97 Å². The Labute approximate surface area is 129 Å². The number of esters is 1. The third-order valence-electron chi connectivity index (χ3n) is 3.50. The van der Waals surface area contributed by atoms with E-state index >= 15 is 0 Å². The topological polar surface area (TPSA) is 72.7 Å². The number of anilines is 1. The lowest BCUT2D eigenvalue weighted by Gasteiger charge is -2.35. The van der Waals surface area contributed by atoms with Crippen molar-refractivity contribution in [3.8, 4) is 0 Å². The highest BCUT2D eigenvalue weighted by atomic mass is 79.9. The number of halogens is 2. The van der Waals surface area contributed by atoms with Gasteiger partial charge in [0.25, 0.3) is 5.69 Å². The van der Waals surface area contributed by atoms with Crippen LogP contribution in [0.3, 0.4) is 0 Å². The number of carbonyl (C=O) groups is 1. The second kappa shape index (κ2) is 6.38. The number of rotatable bonds is 3. The number of methoxy groups -OCH3 is 1. The van der Waals surface area contributed by atoms with Gasteiger partial charge in [-0.3, -0.25) is 10.1 Å². The lowest BCUT2D eigenvalue weighted by atomic mass is 10.0. The number of nitro groups is 1. The fourth-order valence-corrected chi connectivity index (χ4v) is 2.83. The van der Waals surface area contributed by atoms with Crippen LogP contribution < -0.4 is 4.90 Å². The number of nitrogens with zero attached hydrogens (tertiary/aromatic N) is 2. The van der Waals surface area contributed by atoms with E-state index in [0.717, 1.165) is 25.0 Å². The Hall–Kier alpha value is -1.70. The second-order valence-electron chi connectivity index (χ2n) is 4.74. The van der Waals surface area contributed by atoms with Crippen molar-refractivity contribution in [1.82, 2.24) is 0 Å². The molecular formula is C13H14BrFN2O4. The van der Waals surface area contributed by atoms with Crippen molar-refractivity contribution < 1.29 is 18.8 Å². The maximum Gasteiger partial charge on any atom is 0.328 e. The SMILES string of the molecule is COC(=O)C1CCCCN1c1cc(F)c(Br)cc1[N+](=O)[O-]. The Kier molecular flexibility index (Phi) is 4.76. The number of hydrogen-bond donors (Lipinski definition) is 0. The average molecular weight is 361 g/mol.